The van der Waals surface area contributed by atoms with Gasteiger partial charge in [0.15, 0.2) is 6.10 Å². The van der Waals surface area contributed by atoms with Crippen LogP contribution in [0.25, 0.3) is 0 Å². The minimum Gasteiger partial charge on any atom is -0.494 e. The highest BCUT2D eigenvalue weighted by Crippen LogP contribution is 2.17. The highest BCUT2D eigenvalue weighted by molar-refractivity contribution is 5.96. The number of nitrogens with one attached hydrogen (secondary N) is 2. The monoisotopic (exact) mass is 376 g/mol. The van der Waals surface area contributed by atoms with E-state index in [1.165, 1.54) is 13.3 Å². The van der Waals surface area contributed by atoms with Gasteiger partial charge in [-0.15, -0.1) is 0 Å². The fraction of sp³-hybridized carbons (Fsp3) is 0.550. The quantitative estimate of drug-likeness (QED) is 0.679. The molecular formula is C20H28N2O5. The summed E-state index contributed by atoms with van der Waals surface area (Å²) >= 11 is 0. The predicted molar refractivity (Wildman–Crippen MR) is 101 cm³/mol. The summed E-state index contributed by atoms with van der Waals surface area (Å²) in [4.78, 5) is 36.1. The third kappa shape index (κ3) is 6.92. The van der Waals surface area contributed by atoms with Gasteiger partial charge in [-0.1, -0.05) is 19.3 Å². The summed E-state index contributed by atoms with van der Waals surface area (Å²) in [5.41, 5.74) is 0.411. The normalized spacial score (nSPS) is 15.5. The molecule has 1 aromatic carbocycles. The molecule has 2 amide bonds. The van der Waals surface area contributed by atoms with Gasteiger partial charge in [0, 0.05) is 11.6 Å². The lowest BCUT2D eigenvalue weighted by atomic mass is 9.95. The number of ether oxygens (including phenoxy) is 2. The van der Waals surface area contributed by atoms with Crippen LogP contribution in [0.4, 0.5) is 0 Å². The average molecular weight is 376 g/mol. The van der Waals surface area contributed by atoms with Crippen LogP contribution in [0.15, 0.2) is 24.3 Å². The van der Waals surface area contributed by atoms with E-state index >= 15 is 0 Å². The van der Waals surface area contributed by atoms with E-state index in [1.807, 2.05) is 6.92 Å². The van der Waals surface area contributed by atoms with Gasteiger partial charge < -0.3 is 20.1 Å². The summed E-state index contributed by atoms with van der Waals surface area (Å²) in [5.74, 6) is -0.672. The third-order valence-electron chi connectivity index (χ3n) is 4.45. The minimum absolute atomic E-state index is 0.159. The second kappa shape index (κ2) is 10.5. The maximum atomic E-state index is 12.1. The molecule has 0 radical (unpaired) electrons. The van der Waals surface area contributed by atoms with Gasteiger partial charge in [0.1, 0.15) is 12.3 Å². The second-order valence-corrected chi connectivity index (χ2v) is 6.62. The summed E-state index contributed by atoms with van der Waals surface area (Å²) < 4.78 is 10.4. The Labute approximate surface area is 159 Å². The highest BCUT2D eigenvalue weighted by atomic mass is 16.5. The van der Waals surface area contributed by atoms with E-state index in [2.05, 4.69) is 10.6 Å². The second-order valence-electron chi connectivity index (χ2n) is 6.62. The predicted octanol–water partition coefficient (Wildman–Crippen LogP) is 2.20. The molecule has 2 N–H and O–H groups in total. The van der Waals surface area contributed by atoms with Crippen LogP contribution in [0.2, 0.25) is 0 Å². The Hall–Kier alpha value is -2.57. The van der Waals surface area contributed by atoms with Crippen LogP contribution in [0, 0.1) is 0 Å². The molecule has 0 bridgehead atoms. The van der Waals surface area contributed by atoms with Crippen LogP contribution in [-0.2, 0) is 14.3 Å². The molecule has 7 nitrogen and oxygen atoms in total. The van der Waals surface area contributed by atoms with Crippen molar-refractivity contribution < 1.29 is 23.9 Å². The van der Waals surface area contributed by atoms with Crippen molar-refractivity contribution in [2.45, 2.75) is 58.1 Å². The first kappa shape index (κ1) is 20.7. The van der Waals surface area contributed by atoms with Crippen LogP contribution in [0.1, 0.15) is 56.3 Å². The van der Waals surface area contributed by atoms with E-state index in [-0.39, 0.29) is 18.5 Å². The summed E-state index contributed by atoms with van der Waals surface area (Å²) in [6.07, 6.45) is 4.45. The first-order valence-corrected chi connectivity index (χ1v) is 9.50. The van der Waals surface area contributed by atoms with Crippen molar-refractivity contribution in [2.75, 3.05) is 13.2 Å². The fourth-order valence-corrected chi connectivity index (χ4v) is 2.98. The van der Waals surface area contributed by atoms with E-state index in [1.54, 1.807) is 24.3 Å². The molecule has 0 saturated heterocycles. The molecule has 1 saturated carbocycles. The molecule has 0 spiro atoms. The summed E-state index contributed by atoms with van der Waals surface area (Å²) in [6.45, 7) is 3.66. The third-order valence-corrected chi connectivity index (χ3v) is 4.45. The standard InChI is InChI=1S/C20H28N2O5/c1-3-26-17-11-9-15(10-12-17)20(25)21-13-18(23)27-14(2)19(24)22-16-7-5-4-6-8-16/h9-12,14,16H,3-8,13H2,1-2H3,(H,21,25)(H,22,24). The Bertz CT molecular complexity index is 638. The van der Waals surface area contributed by atoms with Crippen LogP contribution >= 0.6 is 0 Å². The van der Waals surface area contributed by atoms with Crippen molar-refractivity contribution in [3.63, 3.8) is 0 Å². The number of benzene rings is 1. The lowest BCUT2D eigenvalue weighted by Crippen LogP contribution is -2.43. The van der Waals surface area contributed by atoms with Crippen LogP contribution < -0.4 is 15.4 Å². The van der Waals surface area contributed by atoms with Gasteiger partial charge in [0.25, 0.3) is 11.8 Å². The van der Waals surface area contributed by atoms with Crippen molar-refractivity contribution in [2.24, 2.45) is 0 Å². The zero-order valence-electron chi connectivity index (χ0n) is 16.0. The van der Waals surface area contributed by atoms with Gasteiger partial charge in [-0.25, -0.2) is 0 Å². The largest absolute Gasteiger partial charge is 0.494 e. The SMILES string of the molecule is CCOc1ccc(C(=O)NCC(=O)OC(C)C(=O)NC2CCCCC2)cc1. The van der Waals surface area contributed by atoms with E-state index < -0.39 is 18.0 Å². The van der Waals surface area contributed by atoms with Gasteiger partial charge in [0.05, 0.1) is 6.61 Å². The van der Waals surface area contributed by atoms with Gasteiger partial charge in [0.2, 0.25) is 0 Å². The first-order valence-electron chi connectivity index (χ1n) is 9.50. The zero-order chi connectivity index (χ0) is 19.6. The number of carbonyl (C=O) groups excluding carboxylic acids is 3. The van der Waals surface area contributed by atoms with E-state index in [0.29, 0.717) is 17.9 Å². The molecule has 1 fully saturated rings. The molecule has 0 aromatic heterocycles. The molecule has 1 aromatic rings. The van der Waals surface area contributed by atoms with Crippen molar-refractivity contribution in [3.05, 3.63) is 29.8 Å². The Morgan fingerprint density at radius 3 is 2.41 bits per heavy atom. The van der Waals surface area contributed by atoms with Crippen molar-refractivity contribution in [1.29, 1.82) is 0 Å². The molecule has 2 rings (SSSR count). The van der Waals surface area contributed by atoms with Crippen molar-refractivity contribution in [3.8, 4) is 5.75 Å². The lowest BCUT2D eigenvalue weighted by molar-refractivity contribution is -0.154. The Kier molecular flexibility index (Phi) is 8.10. The number of hydrogen-bond donors (Lipinski definition) is 2. The van der Waals surface area contributed by atoms with Crippen LogP contribution in [-0.4, -0.2) is 43.1 Å². The van der Waals surface area contributed by atoms with E-state index in [9.17, 15) is 14.4 Å². The maximum absolute atomic E-state index is 12.1. The highest BCUT2D eigenvalue weighted by Gasteiger charge is 2.22. The average Bonchev–Trinajstić information content (AvgIpc) is 2.67. The molecule has 1 atom stereocenters. The Morgan fingerprint density at radius 1 is 1.11 bits per heavy atom. The minimum atomic E-state index is -0.887. The molecule has 7 heteroatoms. The maximum Gasteiger partial charge on any atom is 0.326 e. The zero-order valence-corrected chi connectivity index (χ0v) is 16.0. The molecule has 1 unspecified atom stereocenters. The van der Waals surface area contributed by atoms with Gasteiger partial charge in [-0.2, -0.15) is 0 Å². The molecular weight excluding hydrogens is 348 g/mol. The first-order chi connectivity index (χ1) is 13.0. The van der Waals surface area contributed by atoms with E-state index in [0.717, 1.165) is 25.7 Å². The number of hydrogen-bond acceptors (Lipinski definition) is 5. The number of carbonyl (C=O) groups is 3. The smallest absolute Gasteiger partial charge is 0.326 e. The van der Waals surface area contributed by atoms with Gasteiger partial charge >= 0.3 is 5.97 Å². The number of rotatable bonds is 8. The van der Waals surface area contributed by atoms with Gasteiger partial charge in [-0.3, -0.25) is 14.4 Å². The summed E-state index contributed by atoms with van der Waals surface area (Å²) in [5, 5.41) is 5.40. The van der Waals surface area contributed by atoms with Crippen molar-refractivity contribution >= 4 is 17.8 Å². The Morgan fingerprint density at radius 2 is 1.78 bits per heavy atom. The number of amides is 2. The molecule has 1 aliphatic rings. The Balaban J connectivity index is 1.72. The molecule has 0 aliphatic heterocycles. The topological polar surface area (TPSA) is 93.7 Å². The molecule has 148 valence electrons. The molecule has 27 heavy (non-hydrogen) atoms. The molecule has 0 heterocycles. The molecule has 1 aliphatic carbocycles. The lowest BCUT2D eigenvalue weighted by Gasteiger charge is -2.24. The summed E-state index contributed by atoms with van der Waals surface area (Å²) in [6, 6.07) is 6.77. The van der Waals surface area contributed by atoms with Crippen LogP contribution in [0.3, 0.4) is 0 Å². The van der Waals surface area contributed by atoms with Crippen molar-refractivity contribution in [1.82, 2.24) is 10.6 Å². The summed E-state index contributed by atoms with van der Waals surface area (Å²) in [7, 11) is 0. The fourth-order valence-electron chi connectivity index (χ4n) is 2.98. The van der Waals surface area contributed by atoms with Gasteiger partial charge in [-0.05, 0) is 51.0 Å². The number of esters is 1. The van der Waals surface area contributed by atoms with E-state index in [4.69, 9.17) is 9.47 Å². The van der Waals surface area contributed by atoms with Crippen LogP contribution in [0.5, 0.6) is 5.75 Å².